The molecule has 0 bridgehead atoms. The molecule has 3 aromatic rings. The third-order valence-corrected chi connectivity index (χ3v) is 6.46. The summed E-state index contributed by atoms with van der Waals surface area (Å²) >= 11 is 0. The molecular weight excluding hydrogens is 392 g/mol. The number of rotatable bonds is 10. The number of benzene rings is 1. The second-order valence-electron chi connectivity index (χ2n) is 6.93. The Balaban J connectivity index is 1.91. The summed E-state index contributed by atoms with van der Waals surface area (Å²) < 4.78 is 37.3. The summed E-state index contributed by atoms with van der Waals surface area (Å²) in [5.74, 6) is -0.111. The van der Waals surface area contributed by atoms with E-state index in [0.717, 1.165) is 17.0 Å². The lowest BCUT2D eigenvalue weighted by Gasteiger charge is -2.23. The maximum Gasteiger partial charge on any atom is 0.228 e. The fraction of sp³-hybridized carbons (Fsp3) is 0.400. The number of hydrogen-bond donors (Lipinski definition) is 0. The maximum absolute atomic E-state index is 12.8. The lowest BCUT2D eigenvalue weighted by molar-refractivity contribution is 0.217. The predicted octanol–water partition coefficient (Wildman–Crippen LogP) is 2.53. The zero-order valence-corrected chi connectivity index (χ0v) is 17.7. The molecule has 0 radical (unpaired) electrons. The Morgan fingerprint density at radius 2 is 2.00 bits per heavy atom. The second-order valence-corrected chi connectivity index (χ2v) is 8.93. The van der Waals surface area contributed by atoms with Crippen molar-refractivity contribution in [3.8, 4) is 0 Å². The highest BCUT2D eigenvalue weighted by molar-refractivity contribution is 7.91. The van der Waals surface area contributed by atoms with Gasteiger partial charge in [-0.2, -0.15) is 0 Å². The average molecular weight is 419 g/mol. The monoisotopic (exact) mass is 418 g/mol. The molecule has 0 N–H and O–H groups in total. The third-order valence-electron chi connectivity index (χ3n) is 4.88. The molecule has 0 spiro atoms. The molecule has 8 nitrogen and oxygen atoms in total. The van der Waals surface area contributed by atoms with Crippen LogP contribution in [-0.2, 0) is 27.7 Å². The molecule has 3 rings (SSSR count). The van der Waals surface area contributed by atoms with E-state index in [1.165, 1.54) is 7.11 Å². The Labute approximate surface area is 171 Å². The van der Waals surface area contributed by atoms with Crippen LogP contribution in [0.1, 0.15) is 29.9 Å². The van der Waals surface area contributed by atoms with Crippen LogP contribution < -0.4 is 0 Å². The third kappa shape index (κ3) is 5.11. The molecule has 0 saturated carbocycles. The van der Waals surface area contributed by atoms with Crippen LogP contribution in [-0.4, -0.2) is 54.5 Å². The minimum absolute atomic E-state index is 0.00220. The van der Waals surface area contributed by atoms with Crippen molar-refractivity contribution in [3.63, 3.8) is 0 Å². The summed E-state index contributed by atoms with van der Waals surface area (Å²) in [5, 5.41) is 4.06. The molecule has 29 heavy (non-hydrogen) atoms. The van der Waals surface area contributed by atoms with Crippen LogP contribution in [0.25, 0.3) is 0 Å². The summed E-state index contributed by atoms with van der Waals surface area (Å²) in [6, 6.07) is 11.6. The molecular formula is C20H26N4O4S. The summed E-state index contributed by atoms with van der Waals surface area (Å²) in [7, 11) is -0.130. The van der Waals surface area contributed by atoms with Gasteiger partial charge in [-0.25, -0.2) is 13.4 Å². The summed E-state index contributed by atoms with van der Waals surface area (Å²) in [4.78, 5) is 6.34. The van der Waals surface area contributed by atoms with Crippen molar-refractivity contribution in [2.24, 2.45) is 0 Å². The normalized spacial score (nSPS) is 13.1. The Morgan fingerprint density at radius 3 is 2.66 bits per heavy atom. The van der Waals surface area contributed by atoms with Crippen molar-refractivity contribution in [1.82, 2.24) is 19.6 Å². The molecule has 2 aromatic heterocycles. The van der Waals surface area contributed by atoms with Crippen LogP contribution in [0.15, 0.2) is 58.5 Å². The number of nitrogens with zero attached hydrogens (tertiary/aromatic N) is 4. The standard InChI is InChI=1S/C20H26N4O4S/c1-16(19-9-10-28-22-19)23(2)15-18-13-21-20(29(25,26)12-11-27-3)24(18)14-17-7-5-4-6-8-17/h4-10,13,16H,11-12,14-15H2,1-3H3. The zero-order chi connectivity index (χ0) is 20.9. The predicted molar refractivity (Wildman–Crippen MR) is 108 cm³/mol. The fourth-order valence-corrected chi connectivity index (χ4v) is 4.34. The summed E-state index contributed by atoms with van der Waals surface area (Å²) in [6.45, 7) is 3.07. The first-order chi connectivity index (χ1) is 13.9. The van der Waals surface area contributed by atoms with E-state index in [1.807, 2.05) is 50.4 Å². The van der Waals surface area contributed by atoms with Gasteiger partial charge in [0.1, 0.15) is 12.0 Å². The number of aromatic nitrogens is 3. The molecule has 9 heteroatoms. The van der Waals surface area contributed by atoms with Crippen LogP contribution in [0, 0.1) is 0 Å². The molecule has 1 atom stereocenters. The van der Waals surface area contributed by atoms with Crippen LogP contribution in [0.5, 0.6) is 0 Å². The SMILES string of the molecule is COCCS(=O)(=O)c1ncc(CN(C)C(C)c2ccon2)n1Cc1ccccc1. The second kappa shape index (κ2) is 9.34. The van der Waals surface area contributed by atoms with Gasteiger partial charge in [-0.1, -0.05) is 35.5 Å². The molecule has 0 saturated heterocycles. The zero-order valence-electron chi connectivity index (χ0n) is 16.9. The van der Waals surface area contributed by atoms with Gasteiger partial charge in [-0.3, -0.25) is 4.90 Å². The highest BCUT2D eigenvalue weighted by Gasteiger charge is 2.25. The molecule has 0 aliphatic heterocycles. The van der Waals surface area contributed by atoms with Gasteiger partial charge < -0.3 is 13.8 Å². The van der Waals surface area contributed by atoms with Crippen LogP contribution in [0.3, 0.4) is 0 Å². The first-order valence-corrected chi connectivity index (χ1v) is 11.0. The van der Waals surface area contributed by atoms with E-state index in [9.17, 15) is 8.42 Å². The van der Waals surface area contributed by atoms with Gasteiger partial charge >= 0.3 is 0 Å². The van der Waals surface area contributed by atoms with Crippen molar-refractivity contribution in [2.75, 3.05) is 26.5 Å². The topological polar surface area (TPSA) is 90.5 Å². The first-order valence-electron chi connectivity index (χ1n) is 9.33. The number of ether oxygens (including phenoxy) is 1. The van der Waals surface area contributed by atoms with E-state index in [1.54, 1.807) is 17.0 Å². The maximum atomic E-state index is 12.8. The smallest absolute Gasteiger partial charge is 0.228 e. The van der Waals surface area contributed by atoms with E-state index < -0.39 is 9.84 Å². The molecule has 0 aliphatic carbocycles. The minimum Gasteiger partial charge on any atom is -0.384 e. The highest BCUT2D eigenvalue weighted by atomic mass is 32.2. The van der Waals surface area contributed by atoms with E-state index in [2.05, 4.69) is 15.0 Å². The largest absolute Gasteiger partial charge is 0.384 e. The number of hydrogen-bond acceptors (Lipinski definition) is 7. The number of imidazole rings is 1. The molecule has 1 unspecified atom stereocenters. The Hall–Kier alpha value is -2.49. The van der Waals surface area contributed by atoms with Crippen molar-refractivity contribution in [3.05, 3.63) is 65.8 Å². The van der Waals surface area contributed by atoms with Crippen molar-refractivity contribution in [1.29, 1.82) is 0 Å². The van der Waals surface area contributed by atoms with Gasteiger partial charge in [0.15, 0.2) is 0 Å². The summed E-state index contributed by atoms with van der Waals surface area (Å²) in [5.41, 5.74) is 2.62. The molecule has 1 aromatic carbocycles. The molecule has 0 amide bonds. The molecule has 0 fully saturated rings. The Morgan fingerprint density at radius 1 is 1.24 bits per heavy atom. The van der Waals surface area contributed by atoms with Crippen LogP contribution in [0.4, 0.5) is 0 Å². The van der Waals surface area contributed by atoms with Gasteiger partial charge in [0, 0.05) is 19.7 Å². The summed E-state index contributed by atoms with van der Waals surface area (Å²) in [6.07, 6.45) is 3.18. The number of methoxy groups -OCH3 is 1. The van der Waals surface area contributed by atoms with E-state index in [-0.39, 0.29) is 23.6 Å². The molecule has 0 aliphatic rings. The van der Waals surface area contributed by atoms with Gasteiger partial charge in [-0.15, -0.1) is 0 Å². The Bertz CT molecular complexity index is 1000. The van der Waals surface area contributed by atoms with Crippen LogP contribution >= 0.6 is 0 Å². The Kier molecular flexibility index (Phi) is 6.83. The van der Waals surface area contributed by atoms with Gasteiger partial charge in [0.05, 0.1) is 36.8 Å². The lowest BCUT2D eigenvalue weighted by Crippen LogP contribution is -2.25. The van der Waals surface area contributed by atoms with E-state index in [0.29, 0.717) is 13.1 Å². The van der Waals surface area contributed by atoms with E-state index >= 15 is 0 Å². The first kappa shape index (κ1) is 21.2. The van der Waals surface area contributed by atoms with E-state index in [4.69, 9.17) is 9.26 Å². The van der Waals surface area contributed by atoms with Crippen molar-refractivity contribution < 1.29 is 17.7 Å². The van der Waals surface area contributed by atoms with Crippen LogP contribution in [0.2, 0.25) is 0 Å². The number of sulfone groups is 1. The molecule has 2 heterocycles. The van der Waals surface area contributed by atoms with Gasteiger partial charge in [-0.05, 0) is 19.5 Å². The minimum atomic E-state index is -3.57. The lowest BCUT2D eigenvalue weighted by atomic mass is 10.2. The quantitative estimate of drug-likeness (QED) is 0.500. The van der Waals surface area contributed by atoms with Gasteiger partial charge in [0.25, 0.3) is 0 Å². The fourth-order valence-electron chi connectivity index (χ4n) is 3.04. The average Bonchev–Trinajstić information content (AvgIpc) is 3.38. The molecule has 156 valence electrons. The van der Waals surface area contributed by atoms with Crippen molar-refractivity contribution >= 4 is 9.84 Å². The highest BCUT2D eigenvalue weighted by Crippen LogP contribution is 2.22. The van der Waals surface area contributed by atoms with Crippen molar-refractivity contribution in [2.45, 2.75) is 31.2 Å². The van der Waals surface area contributed by atoms with Gasteiger partial charge in [0.2, 0.25) is 15.0 Å².